The Balaban J connectivity index is 2.10. The predicted molar refractivity (Wildman–Crippen MR) is 73.4 cm³/mol. The van der Waals surface area contributed by atoms with Gasteiger partial charge < -0.3 is 5.43 Å². The Labute approximate surface area is 119 Å². The van der Waals surface area contributed by atoms with Gasteiger partial charge in [0.25, 0.3) is 0 Å². The number of halogens is 4. The Morgan fingerprint density at radius 2 is 1.65 bits per heavy atom. The molecule has 0 aromatic heterocycles. The van der Waals surface area contributed by atoms with Crippen LogP contribution in [0, 0.1) is 0 Å². The summed E-state index contributed by atoms with van der Waals surface area (Å²) in [7, 11) is 0. The van der Waals surface area contributed by atoms with Gasteiger partial charge in [0.05, 0.1) is 5.56 Å². The van der Waals surface area contributed by atoms with E-state index in [1.807, 2.05) is 18.2 Å². The lowest BCUT2D eigenvalue weighted by atomic mass is 10.1. The van der Waals surface area contributed by atoms with Crippen molar-refractivity contribution < 1.29 is 13.2 Å². The third-order valence-electron chi connectivity index (χ3n) is 2.70. The van der Waals surface area contributed by atoms with Crippen LogP contribution in [-0.2, 0) is 12.7 Å². The van der Waals surface area contributed by atoms with Crippen molar-refractivity contribution in [3.05, 3.63) is 64.7 Å². The molecule has 0 heterocycles. The Kier molecular flexibility index (Phi) is 4.52. The minimum Gasteiger partial charge on any atom is -0.321 e. The van der Waals surface area contributed by atoms with E-state index in [1.165, 1.54) is 12.1 Å². The van der Waals surface area contributed by atoms with Gasteiger partial charge in [-0.3, -0.25) is 0 Å². The average molecular weight is 301 g/mol. The maximum absolute atomic E-state index is 12.9. The van der Waals surface area contributed by atoms with Crippen LogP contribution in [0.2, 0.25) is 5.02 Å². The average Bonchev–Trinajstić information content (AvgIpc) is 2.40. The molecular weight excluding hydrogens is 289 g/mol. The standard InChI is InChI=1S/C14H12ClF3N2/c15-13-8-4-7-12(14(16,17)18)11(13)9-19-20-10-5-2-1-3-6-10/h1-8,19-20H,9H2. The minimum absolute atomic E-state index is 0.0186. The highest BCUT2D eigenvalue weighted by atomic mass is 35.5. The van der Waals surface area contributed by atoms with Gasteiger partial charge in [0, 0.05) is 17.3 Å². The summed E-state index contributed by atoms with van der Waals surface area (Å²) in [4.78, 5) is 0. The quantitative estimate of drug-likeness (QED) is 0.814. The van der Waals surface area contributed by atoms with Gasteiger partial charge in [0.15, 0.2) is 0 Å². The number of rotatable bonds is 4. The Hall–Kier alpha value is -1.72. The van der Waals surface area contributed by atoms with E-state index in [0.29, 0.717) is 0 Å². The van der Waals surface area contributed by atoms with Crippen molar-refractivity contribution in [3.8, 4) is 0 Å². The van der Waals surface area contributed by atoms with Crippen LogP contribution in [0.25, 0.3) is 0 Å². The minimum atomic E-state index is -4.42. The Morgan fingerprint density at radius 3 is 2.30 bits per heavy atom. The summed E-state index contributed by atoms with van der Waals surface area (Å²) in [5.41, 5.74) is 5.61. The second-order valence-corrected chi connectivity index (χ2v) is 4.52. The van der Waals surface area contributed by atoms with Gasteiger partial charge in [-0.1, -0.05) is 35.9 Å². The molecule has 2 N–H and O–H groups in total. The summed E-state index contributed by atoms with van der Waals surface area (Å²) < 4.78 is 38.6. The van der Waals surface area contributed by atoms with Crippen molar-refractivity contribution in [2.45, 2.75) is 12.7 Å². The summed E-state index contributed by atoms with van der Waals surface area (Å²) in [6.07, 6.45) is -4.42. The van der Waals surface area contributed by atoms with Crippen LogP contribution in [-0.4, -0.2) is 0 Å². The van der Waals surface area contributed by atoms with E-state index in [-0.39, 0.29) is 17.1 Å². The van der Waals surface area contributed by atoms with Crippen LogP contribution in [0.15, 0.2) is 48.5 Å². The van der Waals surface area contributed by atoms with E-state index in [9.17, 15) is 13.2 Å². The summed E-state index contributed by atoms with van der Waals surface area (Å²) >= 11 is 5.85. The molecular formula is C14H12ClF3N2. The number of alkyl halides is 3. The van der Waals surface area contributed by atoms with Gasteiger partial charge in [-0.15, -0.1) is 0 Å². The van der Waals surface area contributed by atoms with Gasteiger partial charge in [0.2, 0.25) is 0 Å². The molecule has 6 heteroatoms. The molecule has 2 rings (SSSR count). The van der Waals surface area contributed by atoms with E-state index in [0.717, 1.165) is 11.8 Å². The third-order valence-corrected chi connectivity index (χ3v) is 3.05. The first-order valence-electron chi connectivity index (χ1n) is 5.87. The van der Waals surface area contributed by atoms with Crippen LogP contribution in [0.1, 0.15) is 11.1 Å². The lowest BCUT2D eigenvalue weighted by Crippen LogP contribution is -2.23. The topological polar surface area (TPSA) is 24.1 Å². The number of anilines is 1. The molecule has 0 aliphatic heterocycles. The van der Waals surface area contributed by atoms with Crippen molar-refractivity contribution in [1.82, 2.24) is 5.43 Å². The van der Waals surface area contributed by atoms with E-state index in [1.54, 1.807) is 12.1 Å². The molecule has 0 atom stereocenters. The van der Waals surface area contributed by atoms with Gasteiger partial charge in [-0.25, -0.2) is 5.43 Å². The first kappa shape index (κ1) is 14.7. The van der Waals surface area contributed by atoms with Gasteiger partial charge in [0.1, 0.15) is 0 Å². The predicted octanol–water partition coefficient (Wildman–Crippen LogP) is 4.48. The van der Waals surface area contributed by atoms with E-state index >= 15 is 0 Å². The van der Waals surface area contributed by atoms with E-state index in [2.05, 4.69) is 10.9 Å². The lowest BCUT2D eigenvalue weighted by Gasteiger charge is -2.15. The number of hydrogen-bond donors (Lipinski definition) is 2. The first-order chi connectivity index (χ1) is 9.48. The summed E-state index contributed by atoms with van der Waals surface area (Å²) in [5.74, 6) is 0. The smallest absolute Gasteiger partial charge is 0.321 e. The second-order valence-electron chi connectivity index (χ2n) is 4.11. The van der Waals surface area contributed by atoms with Crippen molar-refractivity contribution in [1.29, 1.82) is 0 Å². The molecule has 0 saturated heterocycles. The first-order valence-corrected chi connectivity index (χ1v) is 6.25. The highest BCUT2D eigenvalue weighted by Crippen LogP contribution is 2.34. The van der Waals surface area contributed by atoms with Crippen molar-refractivity contribution in [3.63, 3.8) is 0 Å². The monoisotopic (exact) mass is 300 g/mol. The lowest BCUT2D eigenvalue weighted by molar-refractivity contribution is -0.138. The fourth-order valence-corrected chi connectivity index (χ4v) is 2.00. The molecule has 2 nitrogen and oxygen atoms in total. The molecule has 0 fully saturated rings. The van der Waals surface area contributed by atoms with Gasteiger partial charge >= 0.3 is 6.18 Å². The van der Waals surface area contributed by atoms with E-state index < -0.39 is 11.7 Å². The van der Waals surface area contributed by atoms with E-state index in [4.69, 9.17) is 11.6 Å². The normalized spacial score (nSPS) is 11.4. The summed E-state index contributed by atoms with van der Waals surface area (Å²) in [6.45, 7) is -0.0383. The number of benzene rings is 2. The van der Waals surface area contributed by atoms with Crippen LogP contribution in [0.3, 0.4) is 0 Å². The zero-order chi connectivity index (χ0) is 14.6. The molecule has 2 aromatic rings. The summed E-state index contributed by atoms with van der Waals surface area (Å²) in [5, 5.41) is 0.0854. The fourth-order valence-electron chi connectivity index (χ4n) is 1.76. The second kappa shape index (κ2) is 6.15. The van der Waals surface area contributed by atoms with Gasteiger partial charge in [-0.2, -0.15) is 13.2 Å². The highest BCUT2D eigenvalue weighted by molar-refractivity contribution is 6.31. The van der Waals surface area contributed by atoms with Crippen LogP contribution < -0.4 is 10.9 Å². The maximum atomic E-state index is 12.9. The molecule has 0 spiro atoms. The van der Waals surface area contributed by atoms with Gasteiger partial charge in [-0.05, 0) is 29.8 Å². The zero-order valence-corrected chi connectivity index (χ0v) is 11.1. The Morgan fingerprint density at radius 1 is 0.950 bits per heavy atom. The molecule has 2 aromatic carbocycles. The zero-order valence-electron chi connectivity index (χ0n) is 10.3. The van der Waals surface area contributed by atoms with Crippen molar-refractivity contribution in [2.75, 3.05) is 5.43 Å². The molecule has 0 bridgehead atoms. The van der Waals surface area contributed by atoms with Crippen molar-refractivity contribution >= 4 is 17.3 Å². The molecule has 0 unspecified atom stereocenters. The van der Waals surface area contributed by atoms with Crippen molar-refractivity contribution in [2.24, 2.45) is 0 Å². The maximum Gasteiger partial charge on any atom is 0.416 e. The Bertz CT molecular complexity index is 570. The molecule has 0 amide bonds. The molecule has 0 radical (unpaired) electrons. The largest absolute Gasteiger partial charge is 0.416 e. The number of nitrogens with one attached hydrogen (secondary N) is 2. The summed E-state index contributed by atoms with van der Waals surface area (Å²) in [6, 6.07) is 12.8. The molecule has 106 valence electrons. The molecule has 0 aliphatic rings. The SMILES string of the molecule is FC(F)(F)c1cccc(Cl)c1CNNc1ccccc1. The molecule has 0 aliphatic carbocycles. The highest BCUT2D eigenvalue weighted by Gasteiger charge is 2.33. The molecule has 0 saturated carbocycles. The number of hydrazine groups is 1. The molecule has 20 heavy (non-hydrogen) atoms. The third kappa shape index (κ3) is 3.65. The van der Waals surface area contributed by atoms with Crippen LogP contribution in [0.5, 0.6) is 0 Å². The number of hydrogen-bond acceptors (Lipinski definition) is 2. The van der Waals surface area contributed by atoms with Crippen LogP contribution >= 0.6 is 11.6 Å². The number of para-hydroxylation sites is 1. The fraction of sp³-hybridized carbons (Fsp3) is 0.143. The van der Waals surface area contributed by atoms with Crippen LogP contribution in [0.4, 0.5) is 18.9 Å².